The Morgan fingerprint density at radius 3 is 2.17 bits per heavy atom. The first-order valence-electron chi connectivity index (χ1n) is 7.82. The Morgan fingerprint density at radius 2 is 1.61 bits per heavy atom. The zero-order valence-corrected chi connectivity index (χ0v) is 13.7. The van der Waals surface area contributed by atoms with Crippen LogP contribution >= 0.6 is 0 Å². The molecule has 0 saturated carbocycles. The lowest BCUT2D eigenvalue weighted by atomic mass is 10.2. The van der Waals surface area contributed by atoms with Gasteiger partial charge in [-0.3, -0.25) is 9.69 Å². The van der Waals surface area contributed by atoms with Gasteiger partial charge >= 0.3 is 0 Å². The van der Waals surface area contributed by atoms with E-state index in [9.17, 15) is 9.90 Å². The first-order valence-corrected chi connectivity index (χ1v) is 7.82. The number of aliphatic hydroxyl groups is 1. The molecule has 0 aliphatic carbocycles. The lowest BCUT2D eigenvalue weighted by Gasteiger charge is -2.28. The quantitative estimate of drug-likeness (QED) is 0.854. The summed E-state index contributed by atoms with van der Waals surface area (Å²) in [4.78, 5) is 16.4. The van der Waals surface area contributed by atoms with Crippen molar-refractivity contribution >= 4 is 11.6 Å². The zero-order valence-electron chi connectivity index (χ0n) is 13.7. The van der Waals surface area contributed by atoms with Crippen LogP contribution in [-0.2, 0) is 11.3 Å². The van der Waals surface area contributed by atoms with E-state index in [0.29, 0.717) is 6.54 Å². The molecule has 2 aromatic rings. The Labute approximate surface area is 138 Å². The third-order valence-electron chi connectivity index (χ3n) is 3.95. The number of aliphatic hydroxyl groups excluding tert-OH is 1. The molecule has 2 aromatic carbocycles. The van der Waals surface area contributed by atoms with E-state index >= 15 is 0 Å². The number of amides is 1. The van der Waals surface area contributed by atoms with Crippen LogP contribution in [0.5, 0.6) is 0 Å². The number of carbonyl (C=O) groups is 1. The van der Waals surface area contributed by atoms with Crippen molar-refractivity contribution in [1.82, 2.24) is 4.90 Å². The SMILES string of the molecule is CC(CO)N(C)CC(=O)N(Cc1ccccc1)c1ccccc1. The lowest BCUT2D eigenvalue weighted by Crippen LogP contribution is -2.42. The van der Waals surface area contributed by atoms with Crippen molar-refractivity contribution in [2.75, 3.05) is 25.1 Å². The van der Waals surface area contributed by atoms with Crippen molar-refractivity contribution in [3.8, 4) is 0 Å². The third-order valence-corrected chi connectivity index (χ3v) is 3.95. The average Bonchev–Trinajstić information content (AvgIpc) is 2.60. The number of para-hydroxylation sites is 1. The van der Waals surface area contributed by atoms with Crippen molar-refractivity contribution in [3.63, 3.8) is 0 Å². The summed E-state index contributed by atoms with van der Waals surface area (Å²) in [6.45, 7) is 2.74. The number of anilines is 1. The molecule has 1 amide bonds. The van der Waals surface area contributed by atoms with E-state index in [-0.39, 0.29) is 25.1 Å². The fraction of sp³-hybridized carbons (Fsp3) is 0.316. The van der Waals surface area contributed by atoms with Crippen molar-refractivity contribution in [2.45, 2.75) is 19.5 Å². The largest absolute Gasteiger partial charge is 0.395 e. The highest BCUT2D eigenvalue weighted by Crippen LogP contribution is 2.17. The van der Waals surface area contributed by atoms with Gasteiger partial charge in [0.1, 0.15) is 0 Å². The maximum atomic E-state index is 12.8. The summed E-state index contributed by atoms with van der Waals surface area (Å²) in [6, 6.07) is 19.6. The van der Waals surface area contributed by atoms with Gasteiger partial charge in [0.25, 0.3) is 0 Å². The van der Waals surface area contributed by atoms with Crippen LogP contribution in [0.15, 0.2) is 60.7 Å². The van der Waals surface area contributed by atoms with Crippen LogP contribution in [-0.4, -0.2) is 42.2 Å². The van der Waals surface area contributed by atoms with Gasteiger partial charge in [0.05, 0.1) is 19.7 Å². The molecular weight excluding hydrogens is 288 g/mol. The van der Waals surface area contributed by atoms with E-state index in [2.05, 4.69) is 0 Å². The highest BCUT2D eigenvalue weighted by molar-refractivity contribution is 5.94. The van der Waals surface area contributed by atoms with Gasteiger partial charge in [-0.1, -0.05) is 48.5 Å². The monoisotopic (exact) mass is 312 g/mol. The summed E-state index contributed by atoms with van der Waals surface area (Å²) in [6.07, 6.45) is 0. The van der Waals surface area contributed by atoms with E-state index in [1.54, 1.807) is 4.90 Å². The minimum atomic E-state index is -0.0479. The number of likely N-dealkylation sites (N-methyl/N-ethyl adjacent to an activating group) is 1. The molecule has 0 aliphatic heterocycles. The smallest absolute Gasteiger partial charge is 0.241 e. The van der Waals surface area contributed by atoms with Gasteiger partial charge in [-0.25, -0.2) is 0 Å². The molecule has 122 valence electrons. The Hall–Kier alpha value is -2.17. The highest BCUT2D eigenvalue weighted by Gasteiger charge is 2.19. The molecule has 4 heteroatoms. The van der Waals surface area contributed by atoms with Crippen LogP contribution in [0.2, 0.25) is 0 Å². The summed E-state index contributed by atoms with van der Waals surface area (Å²) in [5.74, 6) is 0.0165. The summed E-state index contributed by atoms with van der Waals surface area (Å²) < 4.78 is 0. The molecule has 0 aromatic heterocycles. The normalized spacial score (nSPS) is 12.2. The van der Waals surface area contributed by atoms with Gasteiger partial charge in [0, 0.05) is 11.7 Å². The van der Waals surface area contributed by atoms with Crippen LogP contribution in [0, 0.1) is 0 Å². The van der Waals surface area contributed by atoms with E-state index in [0.717, 1.165) is 11.3 Å². The maximum absolute atomic E-state index is 12.8. The fourth-order valence-electron chi connectivity index (χ4n) is 2.29. The Morgan fingerprint density at radius 1 is 1.04 bits per heavy atom. The molecule has 4 nitrogen and oxygen atoms in total. The van der Waals surface area contributed by atoms with E-state index in [4.69, 9.17) is 0 Å². The third kappa shape index (κ3) is 4.91. The van der Waals surface area contributed by atoms with E-state index < -0.39 is 0 Å². The van der Waals surface area contributed by atoms with Gasteiger partial charge in [-0.15, -0.1) is 0 Å². The second-order valence-electron chi connectivity index (χ2n) is 5.75. The molecule has 0 heterocycles. The first-order chi connectivity index (χ1) is 11.1. The predicted octanol–water partition coefficient (Wildman–Crippen LogP) is 2.53. The molecule has 0 fully saturated rings. The van der Waals surface area contributed by atoms with Crippen LogP contribution in [0.3, 0.4) is 0 Å². The second kappa shape index (κ2) is 8.46. The van der Waals surface area contributed by atoms with Gasteiger partial charge in [0.15, 0.2) is 0 Å². The van der Waals surface area contributed by atoms with Gasteiger partial charge < -0.3 is 10.0 Å². The molecule has 1 atom stereocenters. The standard InChI is InChI=1S/C19H24N2O2/c1-16(15-22)20(2)14-19(23)21(18-11-7-4-8-12-18)13-17-9-5-3-6-10-17/h3-12,16,22H,13-15H2,1-2H3. The number of rotatable bonds is 7. The van der Waals surface area contributed by atoms with Crippen LogP contribution in [0.4, 0.5) is 5.69 Å². The lowest BCUT2D eigenvalue weighted by molar-refractivity contribution is -0.120. The first kappa shape index (κ1) is 17.2. The second-order valence-corrected chi connectivity index (χ2v) is 5.75. The minimum absolute atomic E-state index is 0.0165. The number of benzene rings is 2. The van der Waals surface area contributed by atoms with Crippen LogP contribution in [0.25, 0.3) is 0 Å². The molecular formula is C19H24N2O2. The molecule has 0 aliphatic rings. The molecule has 0 bridgehead atoms. The van der Waals surface area contributed by atoms with Crippen molar-refractivity contribution in [3.05, 3.63) is 66.2 Å². The molecule has 0 spiro atoms. The van der Waals surface area contributed by atoms with Gasteiger partial charge in [-0.05, 0) is 31.7 Å². The summed E-state index contributed by atoms with van der Waals surface area (Å²) in [5, 5.41) is 9.24. The van der Waals surface area contributed by atoms with Crippen LogP contribution in [0.1, 0.15) is 12.5 Å². The topological polar surface area (TPSA) is 43.8 Å². The maximum Gasteiger partial charge on any atom is 0.241 e. The molecule has 23 heavy (non-hydrogen) atoms. The molecule has 1 unspecified atom stereocenters. The van der Waals surface area contributed by atoms with E-state index in [1.807, 2.05) is 79.5 Å². The number of hydrogen-bond donors (Lipinski definition) is 1. The molecule has 0 saturated heterocycles. The average molecular weight is 312 g/mol. The van der Waals surface area contributed by atoms with Crippen molar-refractivity contribution in [2.24, 2.45) is 0 Å². The van der Waals surface area contributed by atoms with Gasteiger partial charge in [0.2, 0.25) is 5.91 Å². The number of nitrogens with zero attached hydrogens (tertiary/aromatic N) is 2. The molecule has 2 rings (SSSR count). The predicted molar refractivity (Wildman–Crippen MR) is 93.3 cm³/mol. The van der Waals surface area contributed by atoms with Crippen molar-refractivity contribution in [1.29, 1.82) is 0 Å². The summed E-state index contributed by atoms with van der Waals surface area (Å²) in [5.41, 5.74) is 1.97. The highest BCUT2D eigenvalue weighted by atomic mass is 16.3. The van der Waals surface area contributed by atoms with Crippen molar-refractivity contribution < 1.29 is 9.90 Å². The van der Waals surface area contributed by atoms with E-state index in [1.165, 1.54) is 0 Å². The number of hydrogen-bond acceptors (Lipinski definition) is 3. The molecule has 1 N–H and O–H groups in total. The molecule has 0 radical (unpaired) electrons. The Balaban J connectivity index is 2.18. The Kier molecular flexibility index (Phi) is 6.32. The van der Waals surface area contributed by atoms with Crippen LogP contribution < -0.4 is 4.90 Å². The van der Waals surface area contributed by atoms with Gasteiger partial charge in [-0.2, -0.15) is 0 Å². The summed E-state index contributed by atoms with van der Waals surface area (Å²) >= 11 is 0. The zero-order chi connectivity index (χ0) is 16.7. The number of carbonyl (C=O) groups excluding carboxylic acids is 1. The summed E-state index contributed by atoms with van der Waals surface area (Å²) in [7, 11) is 1.85. The fourth-order valence-corrected chi connectivity index (χ4v) is 2.29. The minimum Gasteiger partial charge on any atom is -0.395 e. The Bertz CT molecular complexity index is 601.